The lowest BCUT2D eigenvalue weighted by molar-refractivity contribution is 0.355. The largest absolute Gasteiger partial charge is 0.493 e. The summed E-state index contributed by atoms with van der Waals surface area (Å²) in [4.78, 5) is 0. The number of ether oxygens (including phenoxy) is 2. The van der Waals surface area contributed by atoms with Crippen molar-refractivity contribution in [3.63, 3.8) is 0 Å². The third kappa shape index (κ3) is 2.82. The molecule has 0 heterocycles. The maximum atomic E-state index is 9.28. The van der Waals surface area contributed by atoms with E-state index in [1.165, 1.54) is 0 Å². The van der Waals surface area contributed by atoms with Gasteiger partial charge in [0.05, 0.1) is 20.3 Å². The van der Waals surface area contributed by atoms with E-state index in [0.717, 1.165) is 27.5 Å². The summed E-state index contributed by atoms with van der Waals surface area (Å²) in [5.41, 5.74) is 2.78. The van der Waals surface area contributed by atoms with Crippen molar-refractivity contribution in [3.05, 3.63) is 77.9 Å². The molecule has 0 aliphatic heterocycles. The number of allylic oxidation sites excluding steroid dienone is 1. The lowest BCUT2D eigenvalue weighted by Crippen LogP contribution is -1.94. The van der Waals surface area contributed by atoms with Gasteiger partial charge in [0.2, 0.25) is 0 Å². The molecular weight excluding hydrogens is 298 g/mol. The van der Waals surface area contributed by atoms with E-state index >= 15 is 0 Å². The van der Waals surface area contributed by atoms with E-state index in [4.69, 9.17) is 9.47 Å². The molecule has 3 aromatic carbocycles. The van der Waals surface area contributed by atoms with Crippen molar-refractivity contribution >= 4 is 16.3 Å². The Balaban J connectivity index is 2.22. The van der Waals surface area contributed by atoms with Gasteiger partial charge in [0.15, 0.2) is 11.5 Å². The van der Waals surface area contributed by atoms with Crippen molar-refractivity contribution < 1.29 is 9.47 Å². The van der Waals surface area contributed by atoms with Gasteiger partial charge >= 0.3 is 0 Å². The zero-order chi connectivity index (χ0) is 16.9. The lowest BCUT2D eigenvalue weighted by Gasteiger charge is -2.13. The van der Waals surface area contributed by atoms with E-state index in [2.05, 4.69) is 24.3 Å². The fourth-order valence-corrected chi connectivity index (χ4v) is 2.85. The molecule has 3 heteroatoms. The van der Waals surface area contributed by atoms with Crippen LogP contribution in [0.3, 0.4) is 0 Å². The van der Waals surface area contributed by atoms with E-state index < -0.39 is 0 Å². The molecular formula is C21H17NO2. The Labute approximate surface area is 141 Å². The van der Waals surface area contributed by atoms with Crippen LogP contribution in [0.15, 0.2) is 66.7 Å². The minimum Gasteiger partial charge on any atom is -0.493 e. The molecule has 3 aromatic rings. The van der Waals surface area contributed by atoms with Crippen LogP contribution in [-0.4, -0.2) is 14.2 Å². The van der Waals surface area contributed by atoms with Gasteiger partial charge in [-0.15, -0.1) is 0 Å². The Hall–Kier alpha value is -3.25. The molecule has 0 bridgehead atoms. The summed E-state index contributed by atoms with van der Waals surface area (Å²) in [5.74, 6) is 1.30. The number of rotatable bonds is 4. The van der Waals surface area contributed by atoms with E-state index in [1.54, 1.807) is 20.3 Å². The lowest BCUT2D eigenvalue weighted by atomic mass is 9.93. The number of nitriles is 1. The summed E-state index contributed by atoms with van der Waals surface area (Å²) >= 11 is 0. The maximum Gasteiger partial charge on any atom is 0.161 e. The molecule has 0 N–H and O–H groups in total. The standard InChI is InChI=1S/C21H17NO2/c1-23-20-11-10-16(14-21(20)24-2)18(12-13-22)19-9-5-7-15-6-3-4-8-17(15)19/h3-12,14H,1-2H3. The van der Waals surface area contributed by atoms with Crippen molar-refractivity contribution in [2.24, 2.45) is 0 Å². The molecule has 3 nitrogen and oxygen atoms in total. The second-order valence-corrected chi connectivity index (χ2v) is 5.28. The molecule has 0 radical (unpaired) electrons. The first-order chi connectivity index (χ1) is 11.8. The number of methoxy groups -OCH3 is 2. The van der Waals surface area contributed by atoms with Crippen LogP contribution >= 0.6 is 0 Å². The number of nitrogens with zero attached hydrogens (tertiary/aromatic N) is 1. The second kappa shape index (κ2) is 6.89. The third-order valence-electron chi connectivity index (χ3n) is 3.98. The van der Waals surface area contributed by atoms with Gasteiger partial charge in [-0.3, -0.25) is 0 Å². The molecule has 0 aromatic heterocycles. The molecule has 0 saturated carbocycles. The first-order valence-corrected chi connectivity index (χ1v) is 7.59. The van der Waals surface area contributed by atoms with Crippen LogP contribution in [0.1, 0.15) is 11.1 Å². The van der Waals surface area contributed by atoms with Crippen molar-refractivity contribution in [1.82, 2.24) is 0 Å². The van der Waals surface area contributed by atoms with Gasteiger partial charge in [0, 0.05) is 11.6 Å². The maximum absolute atomic E-state index is 9.28. The normalized spacial score (nSPS) is 11.1. The van der Waals surface area contributed by atoms with Gasteiger partial charge in [-0.25, -0.2) is 0 Å². The highest BCUT2D eigenvalue weighted by Crippen LogP contribution is 2.35. The Morgan fingerprint density at radius 3 is 2.42 bits per heavy atom. The molecule has 0 aliphatic rings. The molecule has 0 aliphatic carbocycles. The molecule has 3 rings (SSSR count). The van der Waals surface area contributed by atoms with Crippen LogP contribution < -0.4 is 9.47 Å². The highest BCUT2D eigenvalue weighted by Gasteiger charge is 2.12. The second-order valence-electron chi connectivity index (χ2n) is 5.28. The molecule has 0 amide bonds. The molecule has 0 saturated heterocycles. The van der Waals surface area contributed by atoms with Crippen LogP contribution in [0.4, 0.5) is 0 Å². The monoisotopic (exact) mass is 315 g/mol. The summed E-state index contributed by atoms with van der Waals surface area (Å²) in [6.45, 7) is 0. The van der Waals surface area contributed by atoms with E-state index in [-0.39, 0.29) is 0 Å². The quantitative estimate of drug-likeness (QED) is 0.649. The van der Waals surface area contributed by atoms with E-state index in [0.29, 0.717) is 11.5 Å². The zero-order valence-corrected chi connectivity index (χ0v) is 13.6. The Morgan fingerprint density at radius 2 is 1.67 bits per heavy atom. The van der Waals surface area contributed by atoms with E-state index in [1.807, 2.05) is 42.5 Å². The van der Waals surface area contributed by atoms with Gasteiger partial charge in [0.25, 0.3) is 0 Å². The van der Waals surface area contributed by atoms with E-state index in [9.17, 15) is 5.26 Å². The fraction of sp³-hybridized carbons (Fsp3) is 0.0952. The van der Waals surface area contributed by atoms with Crippen LogP contribution in [0.5, 0.6) is 11.5 Å². The molecule has 0 spiro atoms. The number of benzene rings is 3. The number of fused-ring (bicyclic) bond motifs is 1. The van der Waals surface area contributed by atoms with Crippen molar-refractivity contribution in [2.45, 2.75) is 0 Å². The number of hydrogen-bond donors (Lipinski definition) is 0. The van der Waals surface area contributed by atoms with Gasteiger partial charge in [0.1, 0.15) is 0 Å². The predicted octanol–water partition coefficient (Wildman–Crippen LogP) is 4.81. The summed E-state index contributed by atoms with van der Waals surface area (Å²) in [6.07, 6.45) is 1.57. The molecule has 0 atom stereocenters. The molecule has 118 valence electrons. The fourth-order valence-electron chi connectivity index (χ4n) is 2.85. The Morgan fingerprint density at radius 1 is 0.917 bits per heavy atom. The highest BCUT2D eigenvalue weighted by atomic mass is 16.5. The average Bonchev–Trinajstić information content (AvgIpc) is 2.65. The highest BCUT2D eigenvalue weighted by molar-refractivity contribution is 5.98. The Kier molecular flexibility index (Phi) is 4.49. The predicted molar refractivity (Wildman–Crippen MR) is 96.2 cm³/mol. The van der Waals surface area contributed by atoms with Crippen molar-refractivity contribution in [1.29, 1.82) is 5.26 Å². The molecule has 0 unspecified atom stereocenters. The SMILES string of the molecule is COc1ccc(C(=CC#N)c2cccc3ccccc23)cc1OC. The first kappa shape index (κ1) is 15.6. The van der Waals surface area contributed by atoms with Gasteiger partial charge in [-0.05, 0) is 34.0 Å². The summed E-state index contributed by atoms with van der Waals surface area (Å²) in [6, 6.07) is 22.1. The minimum atomic E-state index is 0.638. The zero-order valence-electron chi connectivity index (χ0n) is 13.6. The average molecular weight is 315 g/mol. The van der Waals surface area contributed by atoms with Crippen LogP contribution in [0, 0.1) is 11.3 Å². The summed E-state index contributed by atoms with van der Waals surface area (Å²) in [5, 5.41) is 11.5. The molecule has 0 fully saturated rings. The number of hydrogen-bond acceptors (Lipinski definition) is 3. The van der Waals surface area contributed by atoms with Crippen molar-refractivity contribution in [2.75, 3.05) is 14.2 Å². The van der Waals surface area contributed by atoms with Crippen LogP contribution in [0.25, 0.3) is 16.3 Å². The first-order valence-electron chi connectivity index (χ1n) is 7.59. The minimum absolute atomic E-state index is 0.638. The Bertz CT molecular complexity index is 946. The smallest absolute Gasteiger partial charge is 0.161 e. The van der Waals surface area contributed by atoms with Gasteiger partial charge < -0.3 is 9.47 Å². The summed E-state index contributed by atoms with van der Waals surface area (Å²) < 4.78 is 10.7. The van der Waals surface area contributed by atoms with Crippen LogP contribution in [-0.2, 0) is 0 Å². The summed E-state index contributed by atoms with van der Waals surface area (Å²) in [7, 11) is 3.21. The molecule has 24 heavy (non-hydrogen) atoms. The topological polar surface area (TPSA) is 42.2 Å². The van der Waals surface area contributed by atoms with Gasteiger partial charge in [-0.1, -0.05) is 48.5 Å². The van der Waals surface area contributed by atoms with Crippen molar-refractivity contribution in [3.8, 4) is 17.6 Å². The third-order valence-corrected chi connectivity index (χ3v) is 3.98. The van der Waals surface area contributed by atoms with Crippen LogP contribution in [0.2, 0.25) is 0 Å². The van der Waals surface area contributed by atoms with Gasteiger partial charge in [-0.2, -0.15) is 5.26 Å².